The molecule has 0 aliphatic heterocycles. The molecule has 0 atom stereocenters. The van der Waals surface area contributed by atoms with E-state index in [-0.39, 0.29) is 16.7 Å². The van der Waals surface area contributed by atoms with Crippen LogP contribution in [-0.2, 0) is 6.42 Å². The number of aryl methyl sites for hydroxylation is 1. The predicted octanol–water partition coefficient (Wildman–Crippen LogP) is 5.02. The van der Waals surface area contributed by atoms with Crippen molar-refractivity contribution in [1.82, 2.24) is 0 Å². The van der Waals surface area contributed by atoms with Crippen LogP contribution in [0.4, 0.5) is 13.2 Å². The van der Waals surface area contributed by atoms with Crippen LogP contribution in [0.25, 0.3) is 0 Å². The highest BCUT2D eigenvalue weighted by molar-refractivity contribution is 9.09. The number of alkyl halides is 4. The predicted molar refractivity (Wildman–Crippen MR) is 71.6 cm³/mol. The van der Waals surface area contributed by atoms with Crippen LogP contribution in [0.3, 0.4) is 0 Å². The minimum Gasteiger partial charge on any atom is -0.492 e. The lowest BCUT2D eigenvalue weighted by Crippen LogP contribution is -2.03. The Morgan fingerprint density at radius 2 is 2.06 bits per heavy atom. The van der Waals surface area contributed by atoms with E-state index < -0.39 is 5.51 Å². The van der Waals surface area contributed by atoms with E-state index in [0.29, 0.717) is 18.8 Å². The van der Waals surface area contributed by atoms with Gasteiger partial charge in [0, 0.05) is 5.33 Å². The van der Waals surface area contributed by atoms with Crippen molar-refractivity contribution >= 4 is 27.7 Å². The second-order valence-corrected chi connectivity index (χ2v) is 5.42. The van der Waals surface area contributed by atoms with Crippen molar-refractivity contribution in [1.29, 1.82) is 0 Å². The molecule has 1 rings (SSSR count). The van der Waals surface area contributed by atoms with Crippen molar-refractivity contribution in [2.24, 2.45) is 0 Å². The Kier molecular flexibility index (Phi) is 6.35. The molecule has 0 radical (unpaired) electrons. The van der Waals surface area contributed by atoms with Crippen LogP contribution < -0.4 is 4.74 Å². The zero-order valence-electron chi connectivity index (χ0n) is 9.89. The average Bonchev–Trinajstić information content (AvgIpc) is 2.28. The normalized spacial score (nSPS) is 11.6. The quantitative estimate of drug-likeness (QED) is 0.530. The Labute approximate surface area is 117 Å². The number of hydrogen-bond acceptors (Lipinski definition) is 2. The lowest BCUT2D eigenvalue weighted by molar-refractivity contribution is -0.0329. The largest absolute Gasteiger partial charge is 0.492 e. The first-order valence-corrected chi connectivity index (χ1v) is 7.48. The molecule has 1 aromatic rings. The molecule has 0 aromatic heterocycles. The molecular weight excluding hydrogens is 329 g/mol. The van der Waals surface area contributed by atoms with Gasteiger partial charge in [0.25, 0.3) is 0 Å². The number of hydrogen-bond donors (Lipinski definition) is 0. The van der Waals surface area contributed by atoms with Gasteiger partial charge in [-0.25, -0.2) is 0 Å². The summed E-state index contributed by atoms with van der Waals surface area (Å²) < 4.78 is 42.7. The Balaban J connectivity index is 3.00. The molecule has 0 spiro atoms. The highest BCUT2D eigenvalue weighted by Crippen LogP contribution is 2.42. The summed E-state index contributed by atoms with van der Waals surface area (Å²) in [5, 5.41) is 0.815. The van der Waals surface area contributed by atoms with E-state index in [9.17, 15) is 13.2 Å². The SMILES string of the molecule is CCOc1c(CCCBr)cccc1SC(F)(F)F. The van der Waals surface area contributed by atoms with Gasteiger partial charge in [0.05, 0.1) is 11.5 Å². The maximum atomic E-state index is 12.4. The van der Waals surface area contributed by atoms with Gasteiger partial charge < -0.3 is 4.74 Å². The van der Waals surface area contributed by atoms with Crippen molar-refractivity contribution < 1.29 is 17.9 Å². The topological polar surface area (TPSA) is 9.23 Å². The molecule has 0 aliphatic carbocycles. The summed E-state index contributed by atoms with van der Waals surface area (Å²) in [6.45, 7) is 2.13. The smallest absolute Gasteiger partial charge is 0.446 e. The van der Waals surface area contributed by atoms with Crippen molar-refractivity contribution in [2.75, 3.05) is 11.9 Å². The second kappa shape index (κ2) is 7.28. The number of para-hydroxylation sites is 1. The number of benzene rings is 1. The minimum atomic E-state index is -4.29. The molecule has 18 heavy (non-hydrogen) atoms. The first-order valence-electron chi connectivity index (χ1n) is 5.54. The van der Waals surface area contributed by atoms with Gasteiger partial charge in [0.15, 0.2) is 0 Å². The minimum absolute atomic E-state index is 0.122. The number of rotatable bonds is 6. The van der Waals surface area contributed by atoms with Gasteiger partial charge in [-0.3, -0.25) is 0 Å². The fraction of sp³-hybridized carbons (Fsp3) is 0.500. The van der Waals surface area contributed by atoms with Crippen LogP contribution in [0.15, 0.2) is 23.1 Å². The van der Waals surface area contributed by atoms with E-state index >= 15 is 0 Å². The Morgan fingerprint density at radius 1 is 1.33 bits per heavy atom. The zero-order valence-corrected chi connectivity index (χ0v) is 12.3. The lowest BCUT2D eigenvalue weighted by atomic mass is 10.1. The lowest BCUT2D eigenvalue weighted by Gasteiger charge is -2.15. The molecule has 1 aromatic carbocycles. The zero-order chi connectivity index (χ0) is 13.6. The number of thioether (sulfide) groups is 1. The third-order valence-corrected chi connectivity index (χ3v) is 3.49. The summed E-state index contributed by atoms with van der Waals surface area (Å²) in [7, 11) is 0. The third kappa shape index (κ3) is 5.10. The molecular formula is C12H14BrF3OS. The molecule has 0 bridgehead atoms. The average molecular weight is 343 g/mol. The molecule has 0 N–H and O–H groups in total. The molecule has 0 amide bonds. The summed E-state index contributed by atoms with van der Waals surface area (Å²) in [6, 6.07) is 4.90. The Hall–Kier alpha value is -0.360. The maximum Gasteiger partial charge on any atom is 0.446 e. The fourth-order valence-electron chi connectivity index (χ4n) is 1.53. The summed E-state index contributed by atoms with van der Waals surface area (Å²) in [4.78, 5) is 0.136. The first-order chi connectivity index (χ1) is 8.48. The molecule has 0 aliphatic rings. The van der Waals surface area contributed by atoms with E-state index in [2.05, 4.69) is 15.9 Å². The highest BCUT2D eigenvalue weighted by Gasteiger charge is 2.31. The third-order valence-electron chi connectivity index (χ3n) is 2.15. The van der Waals surface area contributed by atoms with Crippen LogP contribution in [0.2, 0.25) is 0 Å². The standard InChI is InChI=1S/C12H14BrF3OS/c1-2-17-11-9(6-4-8-13)5-3-7-10(11)18-12(14,15)16/h3,5,7H,2,4,6,8H2,1H3. The van der Waals surface area contributed by atoms with E-state index in [1.54, 1.807) is 13.0 Å². The molecule has 0 saturated carbocycles. The molecule has 0 heterocycles. The summed E-state index contributed by atoms with van der Waals surface area (Å²) in [5.74, 6) is 0.364. The van der Waals surface area contributed by atoms with Crippen LogP contribution in [-0.4, -0.2) is 17.4 Å². The molecule has 6 heteroatoms. The molecule has 1 nitrogen and oxygen atoms in total. The van der Waals surface area contributed by atoms with Gasteiger partial charge in [-0.2, -0.15) is 13.2 Å². The van der Waals surface area contributed by atoms with Crippen LogP contribution in [0.1, 0.15) is 18.9 Å². The van der Waals surface area contributed by atoms with Crippen molar-refractivity contribution in [3.63, 3.8) is 0 Å². The monoisotopic (exact) mass is 342 g/mol. The van der Waals surface area contributed by atoms with Gasteiger partial charge in [-0.1, -0.05) is 28.1 Å². The van der Waals surface area contributed by atoms with Crippen molar-refractivity contribution in [3.8, 4) is 5.75 Å². The summed E-state index contributed by atoms with van der Waals surface area (Å²) in [5.41, 5.74) is -3.47. The van der Waals surface area contributed by atoms with Gasteiger partial charge in [-0.05, 0) is 43.2 Å². The summed E-state index contributed by atoms with van der Waals surface area (Å²) in [6.07, 6.45) is 1.56. The maximum absolute atomic E-state index is 12.4. The molecule has 0 fully saturated rings. The van der Waals surface area contributed by atoms with Crippen LogP contribution in [0.5, 0.6) is 5.75 Å². The van der Waals surface area contributed by atoms with Gasteiger partial charge in [-0.15, -0.1) is 0 Å². The first kappa shape index (κ1) is 15.7. The Morgan fingerprint density at radius 3 is 2.61 bits per heavy atom. The van der Waals surface area contributed by atoms with Crippen molar-refractivity contribution in [2.45, 2.75) is 30.2 Å². The number of ether oxygens (including phenoxy) is 1. The van der Waals surface area contributed by atoms with Crippen molar-refractivity contribution in [3.05, 3.63) is 23.8 Å². The van der Waals surface area contributed by atoms with Crippen LogP contribution in [0, 0.1) is 0 Å². The van der Waals surface area contributed by atoms with Gasteiger partial charge >= 0.3 is 5.51 Å². The van der Waals surface area contributed by atoms with Crippen LogP contribution >= 0.6 is 27.7 Å². The fourth-order valence-corrected chi connectivity index (χ4v) is 2.49. The summed E-state index contributed by atoms with van der Waals surface area (Å²) >= 11 is 3.19. The second-order valence-electron chi connectivity index (χ2n) is 3.52. The van der Waals surface area contributed by atoms with E-state index in [1.807, 2.05) is 6.07 Å². The molecule has 0 unspecified atom stereocenters. The van der Waals surface area contributed by atoms with Gasteiger partial charge in [0.2, 0.25) is 0 Å². The highest BCUT2D eigenvalue weighted by atomic mass is 79.9. The van der Waals surface area contributed by atoms with Gasteiger partial charge in [0.1, 0.15) is 5.75 Å². The van der Waals surface area contributed by atoms with E-state index in [0.717, 1.165) is 17.3 Å². The number of halogens is 4. The van der Waals surface area contributed by atoms with E-state index in [1.165, 1.54) is 6.07 Å². The molecule has 102 valence electrons. The Bertz CT molecular complexity index is 382. The van der Waals surface area contributed by atoms with E-state index in [4.69, 9.17) is 4.74 Å². The molecule has 0 saturated heterocycles.